The zero-order valence-electron chi connectivity index (χ0n) is 9.23. The molecule has 1 fully saturated rings. The lowest BCUT2D eigenvalue weighted by atomic mass is 10.1. The smallest absolute Gasteiger partial charge is 0.338 e. The summed E-state index contributed by atoms with van der Waals surface area (Å²) in [5.74, 6) is -1.74. The topological polar surface area (TPSA) is 74.7 Å². The Hall–Kier alpha value is -1.69. The number of rotatable bonds is 2. The van der Waals surface area contributed by atoms with E-state index in [0.29, 0.717) is 19.3 Å². The van der Waals surface area contributed by atoms with Gasteiger partial charge >= 0.3 is 5.97 Å². The Kier molecular flexibility index (Phi) is 2.97. The van der Waals surface area contributed by atoms with Crippen molar-refractivity contribution in [3.63, 3.8) is 0 Å². The number of hydrogen-bond donors (Lipinski definition) is 1. The average Bonchev–Trinajstić information content (AvgIpc) is 2.60. The Morgan fingerprint density at radius 2 is 1.94 bits per heavy atom. The summed E-state index contributed by atoms with van der Waals surface area (Å²) >= 11 is 1.16. The maximum Gasteiger partial charge on any atom is 0.338 e. The van der Waals surface area contributed by atoms with Crippen LogP contribution in [-0.2, 0) is 9.59 Å². The number of amides is 2. The zero-order valence-corrected chi connectivity index (χ0v) is 10.0. The molecule has 1 aliphatic heterocycles. The van der Waals surface area contributed by atoms with E-state index in [4.69, 9.17) is 5.11 Å². The molecule has 6 heteroatoms. The standard InChI is InChI=1S/C11H11NO4S/c1-6-5-7(11(15)16)10(17-6)12-8(13)3-2-4-9(12)14/h5H,2-4H2,1H3,(H,15,16). The third-order valence-corrected chi connectivity index (χ3v) is 3.58. The number of carbonyl (C=O) groups is 3. The molecule has 1 aromatic heterocycles. The summed E-state index contributed by atoms with van der Waals surface area (Å²) in [6, 6.07) is 1.48. The van der Waals surface area contributed by atoms with Crippen molar-refractivity contribution in [1.82, 2.24) is 0 Å². The predicted molar refractivity (Wildman–Crippen MR) is 62.4 cm³/mol. The fourth-order valence-electron chi connectivity index (χ4n) is 1.80. The zero-order chi connectivity index (χ0) is 12.6. The van der Waals surface area contributed by atoms with Crippen LogP contribution in [0.4, 0.5) is 5.00 Å². The van der Waals surface area contributed by atoms with Gasteiger partial charge in [-0.05, 0) is 19.4 Å². The lowest BCUT2D eigenvalue weighted by Crippen LogP contribution is -2.40. The summed E-state index contributed by atoms with van der Waals surface area (Å²) in [5.41, 5.74) is 0.0242. The summed E-state index contributed by atoms with van der Waals surface area (Å²) in [7, 11) is 0. The van der Waals surface area contributed by atoms with Crippen LogP contribution in [0.2, 0.25) is 0 Å². The fraction of sp³-hybridized carbons (Fsp3) is 0.364. The first kappa shape index (κ1) is 11.8. The van der Waals surface area contributed by atoms with Crippen molar-refractivity contribution in [3.8, 4) is 0 Å². The van der Waals surface area contributed by atoms with Gasteiger partial charge in [0.2, 0.25) is 11.8 Å². The molecule has 1 aromatic rings. The second kappa shape index (κ2) is 4.29. The van der Waals surface area contributed by atoms with Crippen LogP contribution < -0.4 is 4.90 Å². The highest BCUT2D eigenvalue weighted by Crippen LogP contribution is 2.34. The van der Waals surface area contributed by atoms with Crippen LogP contribution in [0.3, 0.4) is 0 Å². The maximum atomic E-state index is 11.7. The Labute approximate surface area is 102 Å². The first-order valence-electron chi connectivity index (χ1n) is 5.20. The number of aryl methyl sites for hydroxylation is 1. The van der Waals surface area contributed by atoms with E-state index in [1.54, 1.807) is 6.92 Å². The van der Waals surface area contributed by atoms with Crippen LogP contribution >= 0.6 is 11.3 Å². The molecule has 0 atom stereocenters. The van der Waals surface area contributed by atoms with Gasteiger partial charge in [-0.25, -0.2) is 9.69 Å². The molecule has 2 heterocycles. The quantitative estimate of drug-likeness (QED) is 0.815. The van der Waals surface area contributed by atoms with E-state index >= 15 is 0 Å². The summed E-state index contributed by atoms with van der Waals surface area (Å²) < 4.78 is 0. The van der Waals surface area contributed by atoms with E-state index in [1.165, 1.54) is 6.07 Å². The highest BCUT2D eigenvalue weighted by atomic mass is 32.1. The highest BCUT2D eigenvalue weighted by Gasteiger charge is 2.31. The van der Waals surface area contributed by atoms with E-state index in [-0.39, 0.29) is 22.4 Å². The number of nitrogens with zero attached hydrogens (tertiary/aromatic N) is 1. The number of hydrogen-bond acceptors (Lipinski definition) is 4. The number of anilines is 1. The molecule has 0 unspecified atom stereocenters. The fourth-order valence-corrected chi connectivity index (χ4v) is 2.83. The number of carboxylic acid groups (broad SMARTS) is 1. The molecule has 1 N–H and O–H groups in total. The number of aromatic carboxylic acids is 1. The summed E-state index contributed by atoms with van der Waals surface area (Å²) in [5, 5.41) is 9.28. The molecule has 2 rings (SSSR count). The number of thiophene rings is 1. The Balaban J connectivity index is 2.48. The van der Waals surface area contributed by atoms with Crippen LogP contribution in [0.25, 0.3) is 0 Å². The average molecular weight is 253 g/mol. The number of imide groups is 1. The molecule has 0 aromatic carbocycles. The molecule has 0 bridgehead atoms. The molecule has 0 saturated carbocycles. The van der Waals surface area contributed by atoms with E-state index in [9.17, 15) is 14.4 Å². The highest BCUT2D eigenvalue weighted by molar-refractivity contribution is 7.17. The predicted octanol–water partition coefficient (Wildman–Crippen LogP) is 1.80. The van der Waals surface area contributed by atoms with E-state index < -0.39 is 5.97 Å². The minimum atomic E-state index is -1.12. The Morgan fingerprint density at radius 3 is 2.47 bits per heavy atom. The van der Waals surface area contributed by atoms with Crippen molar-refractivity contribution >= 4 is 34.1 Å². The van der Waals surface area contributed by atoms with Crippen LogP contribution in [0.1, 0.15) is 34.5 Å². The number of piperidine rings is 1. The van der Waals surface area contributed by atoms with Crippen LogP contribution in [-0.4, -0.2) is 22.9 Å². The van der Waals surface area contributed by atoms with E-state index in [1.807, 2.05) is 0 Å². The van der Waals surface area contributed by atoms with Gasteiger partial charge in [0.25, 0.3) is 0 Å². The van der Waals surface area contributed by atoms with Crippen molar-refractivity contribution in [2.75, 3.05) is 4.90 Å². The monoisotopic (exact) mass is 253 g/mol. The van der Waals surface area contributed by atoms with Crippen LogP contribution in [0, 0.1) is 6.92 Å². The molecule has 17 heavy (non-hydrogen) atoms. The van der Waals surface area contributed by atoms with Gasteiger partial charge in [-0.2, -0.15) is 0 Å². The molecule has 0 aliphatic carbocycles. The van der Waals surface area contributed by atoms with E-state index in [0.717, 1.165) is 21.1 Å². The van der Waals surface area contributed by atoms with Gasteiger partial charge in [0.1, 0.15) is 5.00 Å². The molecule has 1 saturated heterocycles. The molecule has 0 radical (unpaired) electrons. The molecule has 1 aliphatic rings. The van der Waals surface area contributed by atoms with Crippen LogP contribution in [0.15, 0.2) is 6.07 Å². The molecule has 2 amide bonds. The summed E-state index contributed by atoms with van der Waals surface area (Å²) in [6.45, 7) is 1.75. The molecular formula is C11H11NO4S. The van der Waals surface area contributed by atoms with Gasteiger partial charge in [-0.3, -0.25) is 9.59 Å². The van der Waals surface area contributed by atoms with Crippen molar-refractivity contribution < 1.29 is 19.5 Å². The Bertz CT molecular complexity index is 490. The van der Waals surface area contributed by atoms with Crippen molar-refractivity contribution in [2.45, 2.75) is 26.2 Å². The minimum Gasteiger partial charge on any atom is -0.478 e. The molecule has 5 nitrogen and oxygen atoms in total. The van der Waals surface area contributed by atoms with Gasteiger partial charge in [0, 0.05) is 17.7 Å². The number of carbonyl (C=O) groups excluding carboxylic acids is 2. The van der Waals surface area contributed by atoms with E-state index in [2.05, 4.69) is 0 Å². The first-order valence-corrected chi connectivity index (χ1v) is 6.02. The van der Waals surface area contributed by atoms with Gasteiger partial charge < -0.3 is 5.11 Å². The maximum absolute atomic E-state index is 11.7. The van der Waals surface area contributed by atoms with Gasteiger partial charge in [-0.15, -0.1) is 11.3 Å². The second-order valence-electron chi connectivity index (χ2n) is 3.86. The molecule has 0 spiro atoms. The Morgan fingerprint density at radius 1 is 1.35 bits per heavy atom. The minimum absolute atomic E-state index is 0.0242. The van der Waals surface area contributed by atoms with Crippen molar-refractivity contribution in [2.24, 2.45) is 0 Å². The number of carboxylic acids is 1. The SMILES string of the molecule is Cc1cc(C(=O)O)c(N2C(=O)CCCC2=O)s1. The summed E-state index contributed by atoms with van der Waals surface area (Å²) in [4.78, 5) is 36.3. The molecule has 90 valence electrons. The molecular weight excluding hydrogens is 242 g/mol. The largest absolute Gasteiger partial charge is 0.478 e. The third kappa shape index (κ3) is 2.08. The normalized spacial score (nSPS) is 16.4. The second-order valence-corrected chi connectivity index (χ2v) is 5.09. The first-order chi connectivity index (χ1) is 8.00. The summed E-state index contributed by atoms with van der Waals surface area (Å²) in [6.07, 6.45) is 1.13. The van der Waals surface area contributed by atoms with Crippen LogP contribution in [0.5, 0.6) is 0 Å². The van der Waals surface area contributed by atoms with Gasteiger partial charge in [0.05, 0.1) is 5.56 Å². The lowest BCUT2D eigenvalue weighted by molar-refractivity contribution is -0.128. The third-order valence-electron chi connectivity index (χ3n) is 2.55. The van der Waals surface area contributed by atoms with Gasteiger partial charge in [0.15, 0.2) is 0 Å². The van der Waals surface area contributed by atoms with Gasteiger partial charge in [-0.1, -0.05) is 0 Å². The van der Waals surface area contributed by atoms with Crippen molar-refractivity contribution in [1.29, 1.82) is 0 Å². The lowest BCUT2D eigenvalue weighted by Gasteiger charge is -2.23. The van der Waals surface area contributed by atoms with Crippen molar-refractivity contribution in [3.05, 3.63) is 16.5 Å².